The minimum absolute atomic E-state index is 0.263. The molecule has 0 aromatic heterocycles. The second-order valence-electron chi connectivity index (χ2n) is 4.25. The van der Waals surface area contributed by atoms with Gasteiger partial charge in [-0.3, -0.25) is 0 Å². The van der Waals surface area contributed by atoms with Crippen molar-refractivity contribution in [2.75, 3.05) is 0 Å². The summed E-state index contributed by atoms with van der Waals surface area (Å²) in [4.78, 5) is 10.6. The van der Waals surface area contributed by atoms with Gasteiger partial charge in [-0.1, -0.05) is 36.4 Å². The van der Waals surface area contributed by atoms with Crippen molar-refractivity contribution < 1.29 is 14.3 Å². The Kier molecular flexibility index (Phi) is 3.76. The molecule has 0 aliphatic rings. The van der Waals surface area contributed by atoms with E-state index >= 15 is 0 Å². The van der Waals surface area contributed by atoms with Crippen LogP contribution in [0.1, 0.15) is 12.5 Å². The smallest absolute Gasteiger partial charge is 0.328 e. The van der Waals surface area contributed by atoms with E-state index in [2.05, 4.69) is 0 Å². The third-order valence-electron chi connectivity index (χ3n) is 2.86. The molecular weight excluding hydrogens is 243 g/mol. The van der Waals surface area contributed by atoms with Crippen LogP contribution in [0.5, 0.6) is 0 Å². The Morgan fingerprint density at radius 2 is 1.47 bits per heavy atom. The highest BCUT2D eigenvalue weighted by molar-refractivity contribution is 5.89. The maximum Gasteiger partial charge on any atom is 0.328 e. The van der Waals surface area contributed by atoms with Crippen molar-refractivity contribution in [3.05, 3.63) is 66.0 Å². The van der Waals surface area contributed by atoms with Gasteiger partial charge in [-0.15, -0.1) is 0 Å². The van der Waals surface area contributed by atoms with E-state index in [0.29, 0.717) is 5.57 Å². The first-order valence-corrected chi connectivity index (χ1v) is 5.84. The first-order valence-electron chi connectivity index (χ1n) is 5.84. The van der Waals surface area contributed by atoms with Gasteiger partial charge in [0.25, 0.3) is 0 Å². The number of allylic oxidation sites excluding steroid dienone is 1. The van der Waals surface area contributed by atoms with Crippen LogP contribution in [0, 0.1) is 5.82 Å². The van der Waals surface area contributed by atoms with E-state index in [0.717, 1.165) is 16.7 Å². The minimum atomic E-state index is -0.958. The quantitative estimate of drug-likeness (QED) is 0.843. The van der Waals surface area contributed by atoms with Gasteiger partial charge >= 0.3 is 5.97 Å². The lowest BCUT2D eigenvalue weighted by atomic mass is 10.0. The van der Waals surface area contributed by atoms with Crippen molar-refractivity contribution in [1.29, 1.82) is 0 Å². The lowest BCUT2D eigenvalue weighted by molar-refractivity contribution is -0.131. The van der Waals surface area contributed by atoms with Gasteiger partial charge in [0, 0.05) is 6.08 Å². The molecule has 96 valence electrons. The zero-order valence-corrected chi connectivity index (χ0v) is 10.4. The number of hydrogen-bond donors (Lipinski definition) is 1. The number of hydrogen-bond acceptors (Lipinski definition) is 1. The van der Waals surface area contributed by atoms with Gasteiger partial charge in [0.15, 0.2) is 0 Å². The van der Waals surface area contributed by atoms with Gasteiger partial charge in [-0.2, -0.15) is 0 Å². The summed E-state index contributed by atoms with van der Waals surface area (Å²) in [6.07, 6.45) is 1.17. The Bertz CT molecular complexity index is 610. The maximum absolute atomic E-state index is 12.8. The van der Waals surface area contributed by atoms with E-state index in [-0.39, 0.29) is 5.82 Å². The SMILES string of the molecule is C/C(=C\C(=O)O)c1ccc(-c2ccc(F)cc2)cc1. The fourth-order valence-corrected chi connectivity index (χ4v) is 1.84. The van der Waals surface area contributed by atoms with E-state index in [4.69, 9.17) is 5.11 Å². The second kappa shape index (κ2) is 5.48. The molecule has 0 unspecified atom stereocenters. The summed E-state index contributed by atoms with van der Waals surface area (Å²) in [7, 11) is 0. The van der Waals surface area contributed by atoms with Gasteiger partial charge in [0.05, 0.1) is 0 Å². The number of carboxylic acid groups (broad SMARTS) is 1. The van der Waals surface area contributed by atoms with Crippen molar-refractivity contribution in [3.8, 4) is 11.1 Å². The van der Waals surface area contributed by atoms with Crippen LogP contribution in [0.4, 0.5) is 4.39 Å². The average molecular weight is 256 g/mol. The number of benzene rings is 2. The molecule has 19 heavy (non-hydrogen) atoms. The molecule has 0 spiro atoms. The molecule has 0 bridgehead atoms. The lowest BCUT2D eigenvalue weighted by Gasteiger charge is -2.04. The summed E-state index contributed by atoms with van der Waals surface area (Å²) in [6, 6.07) is 13.7. The van der Waals surface area contributed by atoms with Crippen LogP contribution in [0.3, 0.4) is 0 Å². The van der Waals surface area contributed by atoms with Crippen LogP contribution in [0.2, 0.25) is 0 Å². The van der Waals surface area contributed by atoms with Crippen molar-refractivity contribution >= 4 is 11.5 Å². The van der Waals surface area contributed by atoms with E-state index in [9.17, 15) is 9.18 Å². The zero-order chi connectivity index (χ0) is 13.8. The number of carbonyl (C=O) groups is 1. The molecule has 0 heterocycles. The Morgan fingerprint density at radius 3 is 1.95 bits per heavy atom. The minimum Gasteiger partial charge on any atom is -0.478 e. The molecule has 0 aliphatic heterocycles. The topological polar surface area (TPSA) is 37.3 Å². The number of carboxylic acids is 1. The standard InChI is InChI=1S/C16H13FO2/c1-11(10-16(18)19)12-2-4-13(5-3-12)14-6-8-15(17)9-7-14/h2-10H,1H3,(H,18,19)/b11-10+. The Labute approximate surface area is 110 Å². The molecule has 0 radical (unpaired) electrons. The predicted octanol–water partition coefficient (Wildman–Crippen LogP) is 3.98. The lowest BCUT2D eigenvalue weighted by Crippen LogP contribution is -1.90. The first-order chi connectivity index (χ1) is 9.06. The van der Waals surface area contributed by atoms with Crippen LogP contribution in [0.15, 0.2) is 54.6 Å². The van der Waals surface area contributed by atoms with Crippen molar-refractivity contribution in [1.82, 2.24) is 0 Å². The van der Waals surface area contributed by atoms with Crippen molar-refractivity contribution in [2.45, 2.75) is 6.92 Å². The first kappa shape index (κ1) is 13.0. The van der Waals surface area contributed by atoms with E-state index in [1.165, 1.54) is 18.2 Å². The molecular formula is C16H13FO2. The molecule has 0 aliphatic carbocycles. The van der Waals surface area contributed by atoms with Gasteiger partial charge < -0.3 is 5.11 Å². The van der Waals surface area contributed by atoms with Gasteiger partial charge in [-0.25, -0.2) is 9.18 Å². The predicted molar refractivity (Wildman–Crippen MR) is 73.1 cm³/mol. The molecule has 1 N–H and O–H groups in total. The second-order valence-corrected chi connectivity index (χ2v) is 4.25. The Hall–Kier alpha value is -2.42. The summed E-state index contributed by atoms with van der Waals surface area (Å²) < 4.78 is 12.8. The average Bonchev–Trinajstić information content (AvgIpc) is 2.39. The number of aliphatic carboxylic acids is 1. The molecule has 2 aromatic rings. The molecule has 0 fully saturated rings. The molecule has 2 nitrogen and oxygen atoms in total. The Balaban J connectivity index is 2.28. The summed E-state index contributed by atoms with van der Waals surface area (Å²) in [6.45, 7) is 1.75. The molecule has 2 rings (SSSR count). The number of halogens is 1. The third-order valence-corrected chi connectivity index (χ3v) is 2.86. The molecule has 0 atom stereocenters. The molecule has 3 heteroatoms. The maximum atomic E-state index is 12.8. The van der Waals surface area contributed by atoms with Crippen LogP contribution in [0.25, 0.3) is 16.7 Å². The highest BCUT2D eigenvalue weighted by atomic mass is 19.1. The molecule has 2 aromatic carbocycles. The zero-order valence-electron chi connectivity index (χ0n) is 10.4. The highest BCUT2D eigenvalue weighted by Crippen LogP contribution is 2.22. The van der Waals surface area contributed by atoms with Crippen LogP contribution in [-0.4, -0.2) is 11.1 Å². The fraction of sp³-hybridized carbons (Fsp3) is 0.0625. The van der Waals surface area contributed by atoms with Gasteiger partial charge in [0.2, 0.25) is 0 Å². The van der Waals surface area contributed by atoms with Gasteiger partial charge in [-0.05, 0) is 41.3 Å². The third kappa shape index (κ3) is 3.28. The fourth-order valence-electron chi connectivity index (χ4n) is 1.84. The highest BCUT2D eigenvalue weighted by Gasteiger charge is 2.01. The molecule has 0 amide bonds. The van der Waals surface area contributed by atoms with E-state index < -0.39 is 5.97 Å². The van der Waals surface area contributed by atoms with Gasteiger partial charge in [0.1, 0.15) is 5.82 Å². The summed E-state index contributed by atoms with van der Waals surface area (Å²) in [5.41, 5.74) is 3.44. The summed E-state index contributed by atoms with van der Waals surface area (Å²) >= 11 is 0. The number of rotatable bonds is 3. The van der Waals surface area contributed by atoms with Crippen molar-refractivity contribution in [2.24, 2.45) is 0 Å². The van der Waals surface area contributed by atoms with E-state index in [1.54, 1.807) is 19.1 Å². The monoisotopic (exact) mass is 256 g/mol. The van der Waals surface area contributed by atoms with Crippen molar-refractivity contribution in [3.63, 3.8) is 0 Å². The normalized spacial score (nSPS) is 11.4. The summed E-state index contributed by atoms with van der Waals surface area (Å²) in [5.74, 6) is -1.22. The van der Waals surface area contributed by atoms with E-state index in [1.807, 2.05) is 24.3 Å². The largest absolute Gasteiger partial charge is 0.478 e. The summed E-state index contributed by atoms with van der Waals surface area (Å²) in [5, 5.41) is 8.69. The molecule has 0 saturated carbocycles. The van der Waals surface area contributed by atoms with Crippen LogP contribution in [-0.2, 0) is 4.79 Å². The van der Waals surface area contributed by atoms with Crippen LogP contribution >= 0.6 is 0 Å². The molecule has 0 saturated heterocycles. The Morgan fingerprint density at radius 1 is 1.00 bits per heavy atom. The van der Waals surface area contributed by atoms with Crippen LogP contribution < -0.4 is 0 Å².